The Morgan fingerprint density at radius 1 is 1.06 bits per heavy atom. The average Bonchev–Trinajstić information content (AvgIpc) is 2.27. The van der Waals surface area contributed by atoms with Crippen molar-refractivity contribution in [1.29, 1.82) is 0 Å². The second-order valence-electron chi connectivity index (χ2n) is 3.57. The topological polar surface area (TPSA) is 54.4 Å². The third-order valence-corrected chi connectivity index (χ3v) is 2.51. The molecule has 0 saturated carbocycles. The van der Waals surface area contributed by atoms with Crippen LogP contribution in [-0.2, 0) is 0 Å². The van der Waals surface area contributed by atoms with E-state index in [9.17, 15) is 9.59 Å². The normalized spacial score (nSPS) is 10.3. The molecule has 0 aromatic heterocycles. The number of carbonyl (C=O) groups is 2. The predicted molar refractivity (Wildman–Crippen MR) is 60.9 cm³/mol. The van der Waals surface area contributed by atoms with Crippen molar-refractivity contribution in [2.45, 2.75) is 6.92 Å². The minimum Gasteiger partial charge on any atom is -0.478 e. The zero-order chi connectivity index (χ0) is 11.7. The van der Waals surface area contributed by atoms with Crippen LogP contribution in [0.2, 0.25) is 0 Å². The molecule has 0 unspecified atom stereocenters. The van der Waals surface area contributed by atoms with Gasteiger partial charge in [0.1, 0.15) is 0 Å². The molecule has 1 N–H and O–H groups in total. The predicted octanol–water partition coefficient (Wildman–Crippen LogP) is 2.74. The van der Waals surface area contributed by atoms with Gasteiger partial charge in [0.2, 0.25) is 0 Å². The zero-order valence-corrected chi connectivity index (χ0v) is 8.73. The van der Waals surface area contributed by atoms with E-state index >= 15 is 0 Å². The van der Waals surface area contributed by atoms with E-state index in [1.54, 1.807) is 18.2 Å². The van der Waals surface area contributed by atoms with Gasteiger partial charge in [-0.3, -0.25) is 4.79 Å². The molecule has 0 saturated heterocycles. The smallest absolute Gasteiger partial charge is 0.336 e. The molecule has 2 rings (SSSR count). The molecule has 0 bridgehead atoms. The Hall–Kier alpha value is -2.16. The molecule has 3 nitrogen and oxygen atoms in total. The molecule has 16 heavy (non-hydrogen) atoms. The Labute approximate surface area is 92.3 Å². The van der Waals surface area contributed by atoms with Crippen LogP contribution in [-0.4, -0.2) is 16.9 Å². The summed E-state index contributed by atoms with van der Waals surface area (Å²) in [5.41, 5.74) is 0.344. The molecular formula is C13H10O3. The molecule has 0 amide bonds. The van der Waals surface area contributed by atoms with Gasteiger partial charge < -0.3 is 5.11 Å². The molecule has 2 aromatic carbocycles. The van der Waals surface area contributed by atoms with Crippen LogP contribution in [0.15, 0.2) is 36.4 Å². The van der Waals surface area contributed by atoms with Gasteiger partial charge in [-0.1, -0.05) is 30.3 Å². The molecule has 0 radical (unpaired) electrons. The molecule has 0 atom stereocenters. The first kappa shape index (κ1) is 10.4. The molecule has 0 spiro atoms. The van der Waals surface area contributed by atoms with Crippen LogP contribution in [0.5, 0.6) is 0 Å². The number of aromatic carboxylic acids is 1. The summed E-state index contributed by atoms with van der Waals surface area (Å²) < 4.78 is 0. The Balaban J connectivity index is 2.90. The Morgan fingerprint density at radius 3 is 2.38 bits per heavy atom. The van der Waals surface area contributed by atoms with E-state index in [-0.39, 0.29) is 16.9 Å². The first-order valence-corrected chi connectivity index (χ1v) is 4.87. The maximum Gasteiger partial charge on any atom is 0.336 e. The summed E-state index contributed by atoms with van der Waals surface area (Å²) in [6, 6.07) is 10.5. The zero-order valence-electron chi connectivity index (χ0n) is 8.73. The third kappa shape index (κ3) is 1.56. The second-order valence-corrected chi connectivity index (χ2v) is 3.57. The molecule has 0 aliphatic carbocycles. The Morgan fingerprint density at radius 2 is 1.75 bits per heavy atom. The standard InChI is InChI=1S/C13H10O3/c1-8(14)12-10-5-3-2-4-9(10)6-7-11(12)13(15)16/h2-7H,1H3,(H,15,16). The van der Waals surface area contributed by atoms with E-state index in [1.807, 2.05) is 12.1 Å². The van der Waals surface area contributed by atoms with E-state index in [0.29, 0.717) is 5.39 Å². The number of carboxylic acid groups (broad SMARTS) is 1. The largest absolute Gasteiger partial charge is 0.478 e. The van der Waals surface area contributed by atoms with E-state index in [4.69, 9.17) is 5.11 Å². The summed E-state index contributed by atoms with van der Waals surface area (Å²) in [5.74, 6) is -1.30. The van der Waals surface area contributed by atoms with Crippen LogP contribution in [0.4, 0.5) is 0 Å². The number of Topliss-reactive ketones (excluding diaryl/α,β-unsaturated/α-hetero) is 1. The molecular weight excluding hydrogens is 204 g/mol. The lowest BCUT2D eigenvalue weighted by Gasteiger charge is -2.06. The quantitative estimate of drug-likeness (QED) is 0.782. The Bertz CT molecular complexity index is 585. The van der Waals surface area contributed by atoms with Crippen molar-refractivity contribution in [1.82, 2.24) is 0 Å². The molecule has 0 aliphatic heterocycles. The van der Waals surface area contributed by atoms with Gasteiger partial charge in [0.15, 0.2) is 5.78 Å². The lowest BCUT2D eigenvalue weighted by Crippen LogP contribution is -2.06. The van der Waals surface area contributed by atoms with E-state index < -0.39 is 5.97 Å². The summed E-state index contributed by atoms with van der Waals surface area (Å²) in [6.45, 7) is 1.38. The van der Waals surface area contributed by atoms with Crippen LogP contribution in [0.3, 0.4) is 0 Å². The summed E-state index contributed by atoms with van der Waals surface area (Å²) in [4.78, 5) is 22.5. The molecule has 2 aromatic rings. The number of carboxylic acids is 1. The summed E-state index contributed by atoms with van der Waals surface area (Å²) >= 11 is 0. The summed E-state index contributed by atoms with van der Waals surface area (Å²) in [6.07, 6.45) is 0. The first-order valence-electron chi connectivity index (χ1n) is 4.87. The highest BCUT2D eigenvalue weighted by atomic mass is 16.4. The van der Waals surface area contributed by atoms with Gasteiger partial charge in [-0.15, -0.1) is 0 Å². The molecule has 0 fully saturated rings. The van der Waals surface area contributed by atoms with Crippen molar-refractivity contribution >= 4 is 22.5 Å². The number of ketones is 1. The highest BCUT2D eigenvalue weighted by Crippen LogP contribution is 2.23. The van der Waals surface area contributed by atoms with Gasteiger partial charge in [0.05, 0.1) is 5.56 Å². The maximum atomic E-state index is 11.5. The van der Waals surface area contributed by atoms with E-state index in [1.165, 1.54) is 13.0 Å². The van der Waals surface area contributed by atoms with Crippen molar-refractivity contribution in [2.24, 2.45) is 0 Å². The Kier molecular flexibility index (Phi) is 2.44. The fraction of sp³-hybridized carbons (Fsp3) is 0.0769. The summed E-state index contributed by atoms with van der Waals surface area (Å²) in [5, 5.41) is 10.6. The van der Waals surface area contributed by atoms with Gasteiger partial charge >= 0.3 is 5.97 Å². The van der Waals surface area contributed by atoms with Gasteiger partial charge in [-0.25, -0.2) is 4.79 Å². The molecule has 0 aliphatic rings. The van der Waals surface area contributed by atoms with Crippen LogP contribution in [0.1, 0.15) is 27.6 Å². The van der Waals surface area contributed by atoms with Gasteiger partial charge in [0.25, 0.3) is 0 Å². The second kappa shape index (κ2) is 3.77. The van der Waals surface area contributed by atoms with Crippen LogP contribution in [0, 0.1) is 0 Å². The van der Waals surface area contributed by atoms with Crippen molar-refractivity contribution in [2.75, 3.05) is 0 Å². The van der Waals surface area contributed by atoms with E-state index in [0.717, 1.165) is 5.39 Å². The number of rotatable bonds is 2. The van der Waals surface area contributed by atoms with Gasteiger partial charge in [0, 0.05) is 5.56 Å². The average molecular weight is 214 g/mol. The monoisotopic (exact) mass is 214 g/mol. The van der Waals surface area contributed by atoms with Crippen LogP contribution >= 0.6 is 0 Å². The fourth-order valence-corrected chi connectivity index (χ4v) is 1.83. The first-order chi connectivity index (χ1) is 7.61. The third-order valence-electron chi connectivity index (χ3n) is 2.51. The SMILES string of the molecule is CC(=O)c1c(C(=O)O)ccc2ccccc12. The minimum absolute atomic E-state index is 0.0613. The maximum absolute atomic E-state index is 11.5. The highest BCUT2D eigenvalue weighted by molar-refractivity contribution is 6.14. The lowest BCUT2D eigenvalue weighted by atomic mass is 9.96. The fourth-order valence-electron chi connectivity index (χ4n) is 1.83. The highest BCUT2D eigenvalue weighted by Gasteiger charge is 2.16. The summed E-state index contributed by atoms with van der Waals surface area (Å²) in [7, 11) is 0. The van der Waals surface area contributed by atoms with Crippen molar-refractivity contribution < 1.29 is 14.7 Å². The molecule has 0 heterocycles. The number of benzene rings is 2. The van der Waals surface area contributed by atoms with Crippen LogP contribution < -0.4 is 0 Å². The lowest BCUT2D eigenvalue weighted by molar-refractivity contribution is 0.0692. The van der Waals surface area contributed by atoms with Gasteiger partial charge in [-0.2, -0.15) is 0 Å². The van der Waals surface area contributed by atoms with Crippen molar-refractivity contribution in [3.8, 4) is 0 Å². The number of hydrogen-bond donors (Lipinski definition) is 1. The van der Waals surface area contributed by atoms with Crippen molar-refractivity contribution in [3.05, 3.63) is 47.5 Å². The number of fused-ring (bicyclic) bond motifs is 1. The minimum atomic E-state index is -1.07. The van der Waals surface area contributed by atoms with Gasteiger partial charge in [-0.05, 0) is 23.8 Å². The number of hydrogen-bond acceptors (Lipinski definition) is 2. The number of carbonyl (C=O) groups excluding carboxylic acids is 1. The molecule has 80 valence electrons. The van der Waals surface area contributed by atoms with Crippen LogP contribution in [0.25, 0.3) is 10.8 Å². The van der Waals surface area contributed by atoms with Crippen molar-refractivity contribution in [3.63, 3.8) is 0 Å². The van der Waals surface area contributed by atoms with E-state index in [2.05, 4.69) is 0 Å². The molecule has 3 heteroatoms.